The average molecular weight is 159 g/mol. The highest BCUT2D eigenvalue weighted by Gasteiger charge is 2.45. The van der Waals surface area contributed by atoms with E-state index in [9.17, 15) is 13.2 Å². The third-order valence-electron chi connectivity index (χ3n) is 0.524. The van der Waals surface area contributed by atoms with Crippen LogP contribution in [0.15, 0.2) is 0 Å². The van der Waals surface area contributed by atoms with Gasteiger partial charge in [-0.15, -0.1) is 0 Å². The number of hydrogen-bond acceptors (Lipinski definition) is 1. The molecule has 0 aromatic carbocycles. The molecule has 5 heteroatoms. The van der Waals surface area contributed by atoms with E-state index in [1.54, 1.807) is 0 Å². The molecule has 0 heterocycles. The lowest BCUT2D eigenvalue weighted by Crippen LogP contribution is -2.19. The second-order valence-corrected chi connectivity index (χ2v) is 2.49. The normalized spacial score (nSPS) is 11.6. The molecule has 1 nitrogen and oxygen atoms in total. The molecule has 0 spiro atoms. The van der Waals surface area contributed by atoms with E-state index in [1.807, 2.05) is 0 Å². The van der Waals surface area contributed by atoms with E-state index in [-0.39, 0.29) is 5.75 Å². The number of alkyl halides is 3. The lowest BCUT2D eigenvalue weighted by Gasteiger charge is -1.94. The molecule has 0 rings (SSSR count). The van der Waals surface area contributed by atoms with E-state index >= 15 is 0 Å². The quantitative estimate of drug-likeness (QED) is 0.534. The molecule has 0 aromatic rings. The Kier molecular flexibility index (Phi) is 3.03. The van der Waals surface area contributed by atoms with Crippen molar-refractivity contribution in [1.29, 1.82) is 0 Å². The van der Waals surface area contributed by atoms with Crippen molar-refractivity contribution in [3.63, 3.8) is 0 Å². The standard InChI is InChI=1S/C4H5F3OS/c1-2-9-3(8)4(5,6)7/h2H2,1H3/p+1. The van der Waals surface area contributed by atoms with Crippen molar-refractivity contribution in [2.75, 3.05) is 5.75 Å². The van der Waals surface area contributed by atoms with Crippen molar-refractivity contribution in [3.05, 3.63) is 0 Å². The first-order chi connectivity index (χ1) is 3.98. The minimum atomic E-state index is -4.55. The van der Waals surface area contributed by atoms with Crippen LogP contribution in [0.4, 0.5) is 13.2 Å². The summed E-state index contributed by atoms with van der Waals surface area (Å²) in [5, 5.41) is -1.47. The maximum atomic E-state index is 11.3. The molecular formula is C4H6F3OS+. The second kappa shape index (κ2) is 3.10. The predicted octanol–water partition coefficient (Wildman–Crippen LogP) is 1.80. The van der Waals surface area contributed by atoms with Gasteiger partial charge in [-0.2, -0.15) is 13.2 Å². The van der Waals surface area contributed by atoms with E-state index in [2.05, 4.69) is 0 Å². The Bertz CT molecular complexity index is 109. The fourth-order valence-electron chi connectivity index (χ4n) is 0.219. The van der Waals surface area contributed by atoms with Gasteiger partial charge in [0.15, 0.2) is 0 Å². The summed E-state index contributed by atoms with van der Waals surface area (Å²) in [6, 6.07) is 0. The first-order valence-electron chi connectivity index (χ1n) is 2.24. The first-order valence-corrected chi connectivity index (χ1v) is 3.23. The van der Waals surface area contributed by atoms with Crippen molar-refractivity contribution in [2.24, 2.45) is 0 Å². The fourth-order valence-corrected chi connectivity index (χ4v) is 0.656. The molecule has 1 N–H and O–H groups in total. The Balaban J connectivity index is 3.74. The van der Waals surface area contributed by atoms with Gasteiger partial charge in [0.05, 0.1) is 0 Å². The summed E-state index contributed by atoms with van der Waals surface area (Å²) in [6.45, 7) is 1.53. The van der Waals surface area contributed by atoms with Gasteiger partial charge in [-0.25, -0.2) is 0 Å². The summed E-state index contributed by atoms with van der Waals surface area (Å²) >= 11 is 0.385. The molecule has 0 bridgehead atoms. The van der Waals surface area contributed by atoms with Crippen LogP contribution in [0.5, 0.6) is 0 Å². The zero-order valence-electron chi connectivity index (χ0n) is 4.70. The molecule has 9 heavy (non-hydrogen) atoms. The zero-order valence-corrected chi connectivity index (χ0v) is 5.51. The van der Waals surface area contributed by atoms with Crippen molar-refractivity contribution in [3.8, 4) is 0 Å². The van der Waals surface area contributed by atoms with Crippen molar-refractivity contribution >= 4 is 16.9 Å². The number of carbonyl (C=O) groups excluding carboxylic acids is 1. The number of thioether (sulfide) groups is 1. The molecule has 0 saturated heterocycles. The summed E-state index contributed by atoms with van der Waals surface area (Å²) in [7, 11) is 0. The SMILES string of the molecule is CCSC(=[OH+])C(F)(F)F. The van der Waals surface area contributed by atoms with Crippen LogP contribution in [-0.2, 0) is 0 Å². The fraction of sp³-hybridized carbons (Fsp3) is 0.750. The summed E-state index contributed by atoms with van der Waals surface area (Å²) < 4.78 is 34.0. The Morgan fingerprint density at radius 2 is 2.00 bits per heavy atom. The number of hydrogen-bond donors (Lipinski definition) is 0. The van der Waals surface area contributed by atoms with Crippen LogP contribution >= 0.6 is 11.8 Å². The van der Waals surface area contributed by atoms with Crippen molar-refractivity contribution in [1.82, 2.24) is 0 Å². The molecular weight excluding hydrogens is 153 g/mol. The largest absolute Gasteiger partial charge is 0.516 e. The molecule has 0 unspecified atom stereocenters. The minimum absolute atomic E-state index is 0.228. The highest BCUT2D eigenvalue weighted by atomic mass is 32.2. The number of rotatable bonds is 1. The van der Waals surface area contributed by atoms with Gasteiger partial charge in [0.25, 0.3) is 0 Å². The van der Waals surface area contributed by atoms with Crippen molar-refractivity contribution < 1.29 is 18.0 Å². The molecule has 0 aliphatic heterocycles. The molecule has 0 fully saturated rings. The molecule has 0 atom stereocenters. The summed E-state index contributed by atoms with van der Waals surface area (Å²) in [4.78, 5) is 8.14. The van der Waals surface area contributed by atoms with Crippen LogP contribution in [0.25, 0.3) is 0 Å². The smallest absolute Gasteiger partial charge is 0.261 e. The Labute approximate surface area is 54.6 Å². The predicted molar refractivity (Wildman–Crippen MR) is 31.1 cm³/mol. The van der Waals surface area contributed by atoms with Gasteiger partial charge < -0.3 is 0 Å². The van der Waals surface area contributed by atoms with E-state index < -0.39 is 11.3 Å². The van der Waals surface area contributed by atoms with Gasteiger partial charge in [-0.1, -0.05) is 6.92 Å². The molecule has 0 aromatic heterocycles. The maximum Gasteiger partial charge on any atom is 0.516 e. The van der Waals surface area contributed by atoms with Gasteiger partial charge in [0.2, 0.25) is 0 Å². The van der Waals surface area contributed by atoms with Crippen LogP contribution in [0.2, 0.25) is 0 Å². The van der Waals surface area contributed by atoms with E-state index in [4.69, 9.17) is 4.79 Å². The minimum Gasteiger partial charge on any atom is -0.261 e. The molecule has 54 valence electrons. The van der Waals surface area contributed by atoms with E-state index in [0.717, 1.165) is 0 Å². The zero-order chi connectivity index (χ0) is 7.49. The molecule has 0 amide bonds. The Morgan fingerprint density at radius 1 is 1.56 bits per heavy atom. The Morgan fingerprint density at radius 3 is 2.11 bits per heavy atom. The first kappa shape index (κ1) is 8.81. The molecule has 0 aliphatic rings. The topological polar surface area (TPSA) is 21.4 Å². The van der Waals surface area contributed by atoms with Crippen LogP contribution in [0.1, 0.15) is 6.92 Å². The average Bonchev–Trinajstić information content (AvgIpc) is 1.64. The lowest BCUT2D eigenvalue weighted by atomic mass is 10.8. The van der Waals surface area contributed by atoms with Gasteiger partial charge in [-0.3, -0.25) is 4.79 Å². The summed E-state index contributed by atoms with van der Waals surface area (Å²) in [5.41, 5.74) is 0. The van der Waals surface area contributed by atoms with Crippen LogP contribution in [0, 0.1) is 0 Å². The molecule has 0 aliphatic carbocycles. The van der Waals surface area contributed by atoms with Gasteiger partial charge in [0, 0.05) is 5.75 Å². The summed E-state index contributed by atoms with van der Waals surface area (Å²) in [6.07, 6.45) is -4.55. The van der Waals surface area contributed by atoms with Crippen LogP contribution < -0.4 is 0 Å². The third kappa shape index (κ3) is 3.40. The van der Waals surface area contributed by atoms with Crippen LogP contribution in [0.3, 0.4) is 0 Å². The molecule has 0 saturated carbocycles. The van der Waals surface area contributed by atoms with Gasteiger partial charge in [-0.05, 0) is 11.8 Å². The van der Waals surface area contributed by atoms with Crippen LogP contribution in [-0.4, -0.2) is 21.8 Å². The summed E-state index contributed by atoms with van der Waals surface area (Å²) in [5.74, 6) is 0.228. The van der Waals surface area contributed by atoms with Crippen molar-refractivity contribution in [2.45, 2.75) is 13.1 Å². The monoisotopic (exact) mass is 159 g/mol. The maximum absolute atomic E-state index is 11.3. The number of halogens is 3. The highest BCUT2D eigenvalue weighted by Crippen LogP contribution is 2.22. The Hall–Kier alpha value is -0.190. The highest BCUT2D eigenvalue weighted by molar-refractivity contribution is 8.13. The second-order valence-electron chi connectivity index (χ2n) is 1.24. The third-order valence-corrected chi connectivity index (χ3v) is 1.32. The lowest BCUT2D eigenvalue weighted by molar-refractivity contribution is -0.0605. The van der Waals surface area contributed by atoms with Gasteiger partial charge in [0.1, 0.15) is 0 Å². The van der Waals surface area contributed by atoms with E-state index in [1.165, 1.54) is 6.92 Å². The molecule has 0 radical (unpaired) electrons. The van der Waals surface area contributed by atoms with Gasteiger partial charge >= 0.3 is 11.3 Å². The van der Waals surface area contributed by atoms with E-state index in [0.29, 0.717) is 11.8 Å².